The van der Waals surface area contributed by atoms with Crippen LogP contribution in [0.1, 0.15) is 112 Å². The monoisotopic (exact) mass is 633 g/mol. The number of fused-ring (bicyclic) bond motifs is 5. The fraction of sp³-hybridized carbons (Fsp3) is 0.921. The number of allylic oxidation sites excluding steroid dienone is 1. The van der Waals surface area contributed by atoms with Gasteiger partial charge in [-0.25, -0.2) is 0 Å². The number of rotatable bonds is 20. The van der Waals surface area contributed by atoms with Gasteiger partial charge in [0.2, 0.25) is 0 Å². The third-order valence-electron chi connectivity index (χ3n) is 12.4. The molecule has 2 unspecified atom stereocenters. The molecule has 8 atom stereocenters. The van der Waals surface area contributed by atoms with Gasteiger partial charge in [0.25, 0.3) is 0 Å². The molecule has 7 heteroatoms. The van der Waals surface area contributed by atoms with E-state index >= 15 is 0 Å². The van der Waals surface area contributed by atoms with E-state index in [0.29, 0.717) is 71.2 Å². The molecule has 0 amide bonds. The van der Waals surface area contributed by atoms with Crippen molar-refractivity contribution < 1.29 is 28.5 Å². The van der Waals surface area contributed by atoms with Gasteiger partial charge in [-0.05, 0) is 91.3 Å². The minimum Gasteiger partial charge on any atom is -0.462 e. The Hall–Kier alpha value is -0.990. The molecule has 0 aromatic heterocycles. The highest BCUT2D eigenvalue weighted by Gasteiger charge is 2.59. The van der Waals surface area contributed by atoms with Gasteiger partial charge in [0, 0.05) is 13.0 Å². The lowest BCUT2D eigenvalue weighted by atomic mass is 9.47. The molecule has 0 bridgehead atoms. The maximum Gasteiger partial charge on any atom is 0.308 e. The SMILES string of the molecule is CC(C)CCC[C@@H](C)C1CC[C@H]2[C@@H]3CC=C4CC(OC(=O)CCOCCOCCOCCOCCN)CC[C@]4(C)[C@H]3CC[C@]12C. The summed E-state index contributed by atoms with van der Waals surface area (Å²) in [6, 6.07) is 0. The van der Waals surface area contributed by atoms with Crippen LogP contribution in [-0.2, 0) is 28.5 Å². The topological polar surface area (TPSA) is 89.2 Å². The van der Waals surface area contributed by atoms with Gasteiger partial charge < -0.3 is 29.4 Å². The zero-order valence-corrected chi connectivity index (χ0v) is 29.5. The van der Waals surface area contributed by atoms with Crippen molar-refractivity contribution in [3.05, 3.63) is 11.6 Å². The Labute approximate surface area is 275 Å². The number of nitrogens with two attached hydrogens (primary N) is 1. The van der Waals surface area contributed by atoms with Crippen LogP contribution in [0, 0.1) is 46.3 Å². The fourth-order valence-corrected chi connectivity index (χ4v) is 10.00. The van der Waals surface area contributed by atoms with Gasteiger partial charge in [-0.15, -0.1) is 0 Å². The molecule has 0 aromatic rings. The van der Waals surface area contributed by atoms with E-state index in [1.807, 2.05) is 0 Å². The summed E-state index contributed by atoms with van der Waals surface area (Å²) in [4.78, 5) is 12.6. The molecule has 2 N–H and O–H groups in total. The third kappa shape index (κ3) is 9.78. The molecule has 4 aliphatic carbocycles. The van der Waals surface area contributed by atoms with Crippen LogP contribution in [0.2, 0.25) is 0 Å². The van der Waals surface area contributed by atoms with Crippen molar-refractivity contribution in [2.45, 2.75) is 118 Å². The molecule has 45 heavy (non-hydrogen) atoms. The third-order valence-corrected chi connectivity index (χ3v) is 12.4. The van der Waals surface area contributed by atoms with Gasteiger partial charge in [0.15, 0.2) is 0 Å². The summed E-state index contributed by atoms with van der Waals surface area (Å²) >= 11 is 0. The van der Waals surface area contributed by atoms with Crippen molar-refractivity contribution >= 4 is 5.97 Å². The second-order valence-corrected chi connectivity index (χ2v) is 15.6. The number of esters is 1. The van der Waals surface area contributed by atoms with Crippen LogP contribution in [-0.4, -0.2) is 71.5 Å². The average Bonchev–Trinajstić information content (AvgIpc) is 3.37. The molecule has 0 aromatic carbocycles. The molecule has 7 nitrogen and oxygen atoms in total. The van der Waals surface area contributed by atoms with Crippen molar-refractivity contribution in [3.63, 3.8) is 0 Å². The van der Waals surface area contributed by atoms with E-state index in [-0.39, 0.29) is 17.5 Å². The standard InChI is InChI=1S/C38H67NO6/c1-28(2)7-6-8-29(3)33-11-12-34-32-10-9-30-27-31(13-16-37(30,4)35(32)14-17-38(33,34)5)45-36(40)15-19-41-21-23-43-25-26-44-24-22-42-20-18-39/h9,28-29,31-35H,6-8,10-27,39H2,1-5H3/t29-,31?,32+,33?,34+,35+,37+,38-/m1/s1. The molecule has 0 heterocycles. The summed E-state index contributed by atoms with van der Waals surface area (Å²) in [5.74, 6) is 4.94. The Kier molecular flexibility index (Phi) is 14.7. The first-order valence-electron chi connectivity index (χ1n) is 18.6. The Morgan fingerprint density at radius 1 is 0.844 bits per heavy atom. The van der Waals surface area contributed by atoms with Crippen molar-refractivity contribution in [1.82, 2.24) is 0 Å². The van der Waals surface area contributed by atoms with Crippen LogP contribution in [0.5, 0.6) is 0 Å². The average molecular weight is 634 g/mol. The molecule has 4 aliphatic rings. The van der Waals surface area contributed by atoms with E-state index < -0.39 is 0 Å². The summed E-state index contributed by atoms with van der Waals surface area (Å²) in [7, 11) is 0. The van der Waals surface area contributed by atoms with E-state index in [2.05, 4.69) is 40.7 Å². The Balaban J connectivity index is 1.14. The van der Waals surface area contributed by atoms with Crippen molar-refractivity contribution in [1.29, 1.82) is 0 Å². The predicted molar refractivity (Wildman–Crippen MR) is 180 cm³/mol. The van der Waals surface area contributed by atoms with Crippen LogP contribution in [0.3, 0.4) is 0 Å². The van der Waals surface area contributed by atoms with Crippen LogP contribution in [0.15, 0.2) is 11.6 Å². The van der Waals surface area contributed by atoms with Gasteiger partial charge in [-0.2, -0.15) is 0 Å². The van der Waals surface area contributed by atoms with Gasteiger partial charge in [0.05, 0.1) is 59.3 Å². The zero-order chi connectivity index (χ0) is 32.3. The normalized spacial score (nSPS) is 33.3. The maximum atomic E-state index is 12.6. The quantitative estimate of drug-likeness (QED) is 0.0852. The molecule has 0 radical (unpaired) electrons. The minimum atomic E-state index is -0.142. The number of hydrogen-bond donors (Lipinski definition) is 1. The molecule has 3 fully saturated rings. The highest BCUT2D eigenvalue weighted by molar-refractivity contribution is 5.69. The molecular formula is C38H67NO6. The van der Waals surface area contributed by atoms with E-state index in [4.69, 9.17) is 29.4 Å². The Morgan fingerprint density at radius 2 is 1.51 bits per heavy atom. The second-order valence-electron chi connectivity index (χ2n) is 15.6. The summed E-state index contributed by atoms with van der Waals surface area (Å²) in [5, 5.41) is 0. The van der Waals surface area contributed by atoms with Crippen molar-refractivity contribution in [2.75, 3.05) is 59.4 Å². The van der Waals surface area contributed by atoms with Crippen molar-refractivity contribution in [2.24, 2.45) is 52.1 Å². The summed E-state index contributed by atoms with van der Waals surface area (Å²) in [6.07, 6.45) is 17.0. The maximum absolute atomic E-state index is 12.6. The van der Waals surface area contributed by atoms with Gasteiger partial charge >= 0.3 is 5.97 Å². The zero-order valence-electron chi connectivity index (χ0n) is 29.5. The number of ether oxygens (including phenoxy) is 5. The molecule has 0 aliphatic heterocycles. The van der Waals surface area contributed by atoms with E-state index in [1.165, 1.54) is 51.4 Å². The van der Waals surface area contributed by atoms with Crippen LogP contribution in [0.25, 0.3) is 0 Å². The fourth-order valence-electron chi connectivity index (χ4n) is 10.00. The van der Waals surface area contributed by atoms with Crippen molar-refractivity contribution in [3.8, 4) is 0 Å². The number of hydrogen-bond acceptors (Lipinski definition) is 7. The minimum absolute atomic E-state index is 0.00817. The molecule has 0 saturated heterocycles. The van der Waals surface area contributed by atoms with E-state index in [9.17, 15) is 4.79 Å². The summed E-state index contributed by atoms with van der Waals surface area (Å²) in [5.41, 5.74) is 7.75. The van der Waals surface area contributed by atoms with Crippen LogP contribution < -0.4 is 5.73 Å². The van der Waals surface area contributed by atoms with Crippen LogP contribution in [0.4, 0.5) is 0 Å². The second kappa shape index (κ2) is 18.0. The summed E-state index contributed by atoms with van der Waals surface area (Å²) in [6.45, 7) is 17.0. The first-order valence-corrected chi connectivity index (χ1v) is 18.6. The lowest BCUT2D eigenvalue weighted by Crippen LogP contribution is -2.51. The number of carbonyl (C=O) groups is 1. The first kappa shape index (κ1) is 36.8. The highest BCUT2D eigenvalue weighted by atomic mass is 16.6. The van der Waals surface area contributed by atoms with Gasteiger partial charge in [-0.1, -0.05) is 65.5 Å². The molecule has 3 saturated carbocycles. The lowest BCUT2D eigenvalue weighted by molar-refractivity contribution is -0.152. The summed E-state index contributed by atoms with van der Waals surface area (Å²) < 4.78 is 27.8. The van der Waals surface area contributed by atoms with Crippen LogP contribution >= 0.6 is 0 Å². The smallest absolute Gasteiger partial charge is 0.308 e. The Bertz CT molecular complexity index is 924. The van der Waals surface area contributed by atoms with Gasteiger partial charge in [-0.3, -0.25) is 4.79 Å². The first-order chi connectivity index (χ1) is 21.7. The highest BCUT2D eigenvalue weighted by Crippen LogP contribution is 2.67. The molecular weight excluding hydrogens is 566 g/mol. The van der Waals surface area contributed by atoms with Gasteiger partial charge in [0.1, 0.15) is 6.10 Å². The largest absolute Gasteiger partial charge is 0.462 e. The lowest BCUT2D eigenvalue weighted by Gasteiger charge is -2.58. The predicted octanol–water partition coefficient (Wildman–Crippen LogP) is 7.35. The number of carbonyl (C=O) groups excluding carboxylic acids is 1. The molecule has 4 rings (SSSR count). The molecule has 260 valence electrons. The van der Waals surface area contributed by atoms with E-state index in [1.54, 1.807) is 5.57 Å². The van der Waals surface area contributed by atoms with E-state index in [0.717, 1.165) is 54.8 Å². The Morgan fingerprint density at radius 3 is 2.18 bits per heavy atom. The molecule has 0 spiro atoms.